The van der Waals surface area contributed by atoms with Gasteiger partial charge in [0.2, 0.25) is 5.91 Å². The number of hydrogen-bond acceptors (Lipinski definition) is 3. The maximum absolute atomic E-state index is 11.4. The summed E-state index contributed by atoms with van der Waals surface area (Å²) in [6.45, 7) is 5.69. The van der Waals surface area contributed by atoms with E-state index in [1.165, 1.54) is 6.42 Å². The first-order valence-electron chi connectivity index (χ1n) is 8.26. The topological polar surface area (TPSA) is 81.5 Å². The van der Waals surface area contributed by atoms with Gasteiger partial charge in [0, 0.05) is 13.1 Å². The monoisotopic (exact) mass is 380 g/mol. The molecule has 0 spiro atoms. The van der Waals surface area contributed by atoms with Gasteiger partial charge in [-0.2, -0.15) is 7.05 Å². The molecule has 141 valence electrons. The van der Waals surface area contributed by atoms with Crippen molar-refractivity contribution in [2.75, 3.05) is 33.3 Å². The molecule has 0 saturated heterocycles. The largest absolute Gasteiger partial charge is 2.00 e. The summed E-state index contributed by atoms with van der Waals surface area (Å²) in [5.74, 6) is -0.0389. The average molecular weight is 380 g/mol. The van der Waals surface area contributed by atoms with Crippen LogP contribution in [-0.2, 0) is 32.9 Å². The van der Waals surface area contributed by atoms with Crippen LogP contribution in [-0.4, -0.2) is 51.2 Å². The van der Waals surface area contributed by atoms with Crippen molar-refractivity contribution in [3.63, 3.8) is 0 Å². The van der Waals surface area contributed by atoms with Gasteiger partial charge in [-0.1, -0.05) is 32.2 Å². The summed E-state index contributed by atoms with van der Waals surface area (Å²) in [6, 6.07) is 0. The zero-order valence-electron chi connectivity index (χ0n) is 15.8. The molecule has 0 unspecified atom stereocenters. The molecule has 0 aromatic carbocycles. The molecule has 1 radical (unpaired) electrons. The van der Waals surface area contributed by atoms with Gasteiger partial charge < -0.3 is 28.1 Å². The van der Waals surface area contributed by atoms with Crippen LogP contribution < -0.4 is 10.6 Å². The number of carbonyl (C=O) groups is 2. The molecule has 0 aromatic rings. The molecular weight excluding hydrogens is 345 g/mol. The van der Waals surface area contributed by atoms with Crippen molar-refractivity contribution in [3.8, 4) is 0 Å². The summed E-state index contributed by atoms with van der Waals surface area (Å²) >= 11 is 0. The molecule has 0 aliphatic rings. The molecular formula is C17H35N3O3V. The SMILES string of the molecule is C[N-]CC(=O)NCCCCCCCCNC(=O)COC(C)C.[CH3-].[V+2]. The van der Waals surface area contributed by atoms with E-state index in [4.69, 9.17) is 4.74 Å². The Balaban J connectivity index is -0.00000220. The van der Waals surface area contributed by atoms with Crippen LogP contribution in [0.4, 0.5) is 0 Å². The molecule has 0 heterocycles. The summed E-state index contributed by atoms with van der Waals surface area (Å²) in [4.78, 5) is 22.5. The van der Waals surface area contributed by atoms with Crippen molar-refractivity contribution >= 4 is 11.8 Å². The molecule has 2 amide bonds. The Kier molecular flexibility index (Phi) is 24.1. The maximum Gasteiger partial charge on any atom is 2.00 e. The van der Waals surface area contributed by atoms with Crippen LogP contribution >= 0.6 is 0 Å². The summed E-state index contributed by atoms with van der Waals surface area (Å²) < 4.78 is 5.22. The third-order valence-electron chi connectivity index (χ3n) is 3.10. The molecule has 0 aliphatic heterocycles. The van der Waals surface area contributed by atoms with E-state index in [2.05, 4.69) is 16.0 Å². The molecule has 0 saturated carbocycles. The summed E-state index contributed by atoms with van der Waals surface area (Å²) in [5, 5.41) is 9.46. The number of unbranched alkanes of at least 4 members (excludes halogenated alkanes) is 5. The first kappa shape index (κ1) is 28.3. The van der Waals surface area contributed by atoms with Gasteiger partial charge in [-0.25, -0.2) is 0 Å². The molecule has 6 nitrogen and oxygen atoms in total. The summed E-state index contributed by atoms with van der Waals surface area (Å²) in [7, 11) is 1.64. The fourth-order valence-electron chi connectivity index (χ4n) is 1.91. The van der Waals surface area contributed by atoms with Gasteiger partial charge in [-0.05, 0) is 26.7 Å². The van der Waals surface area contributed by atoms with Crippen LogP contribution in [0.2, 0.25) is 0 Å². The third kappa shape index (κ3) is 21.4. The number of hydrogen-bond donors (Lipinski definition) is 2. The first-order valence-corrected chi connectivity index (χ1v) is 8.26. The van der Waals surface area contributed by atoms with Gasteiger partial charge >= 0.3 is 18.6 Å². The second-order valence-electron chi connectivity index (χ2n) is 5.66. The van der Waals surface area contributed by atoms with Crippen LogP contribution in [0.3, 0.4) is 0 Å². The number of likely N-dealkylation sites (N-methyl/N-ethyl adjacent to an activating group) is 1. The zero-order valence-corrected chi connectivity index (χ0v) is 17.2. The van der Waals surface area contributed by atoms with Gasteiger partial charge in [-0.15, -0.1) is 0 Å². The van der Waals surface area contributed by atoms with Crippen molar-refractivity contribution in [3.05, 3.63) is 12.7 Å². The minimum Gasteiger partial charge on any atom is -0.657 e. The third-order valence-corrected chi connectivity index (χ3v) is 3.10. The molecule has 7 heteroatoms. The van der Waals surface area contributed by atoms with E-state index in [0.29, 0.717) is 0 Å². The minimum absolute atomic E-state index is 0. The molecule has 2 N–H and O–H groups in total. The van der Waals surface area contributed by atoms with Crippen molar-refractivity contribution in [2.45, 2.75) is 58.5 Å². The van der Waals surface area contributed by atoms with E-state index in [9.17, 15) is 9.59 Å². The Morgan fingerprint density at radius 3 is 1.83 bits per heavy atom. The predicted molar refractivity (Wildman–Crippen MR) is 95.4 cm³/mol. The molecule has 24 heavy (non-hydrogen) atoms. The van der Waals surface area contributed by atoms with Crippen molar-refractivity contribution in [2.24, 2.45) is 0 Å². The second-order valence-corrected chi connectivity index (χ2v) is 5.66. The Morgan fingerprint density at radius 2 is 1.38 bits per heavy atom. The summed E-state index contributed by atoms with van der Waals surface area (Å²) in [6.07, 6.45) is 6.67. The van der Waals surface area contributed by atoms with E-state index in [1.54, 1.807) is 7.05 Å². The van der Waals surface area contributed by atoms with Crippen LogP contribution in [0.15, 0.2) is 0 Å². The Labute approximate surface area is 160 Å². The maximum atomic E-state index is 11.4. The van der Waals surface area contributed by atoms with Crippen LogP contribution in [0, 0.1) is 7.43 Å². The number of nitrogens with zero attached hydrogens (tertiary/aromatic N) is 1. The van der Waals surface area contributed by atoms with Gasteiger partial charge in [0.25, 0.3) is 0 Å². The fraction of sp³-hybridized carbons (Fsp3) is 0.824. The zero-order chi connectivity index (χ0) is 16.6. The fourth-order valence-corrected chi connectivity index (χ4v) is 1.91. The number of nitrogens with one attached hydrogen (secondary N) is 2. The quantitative estimate of drug-likeness (QED) is 0.359. The molecule has 0 fully saturated rings. The smallest absolute Gasteiger partial charge is 0.657 e. The van der Waals surface area contributed by atoms with E-state index >= 15 is 0 Å². The van der Waals surface area contributed by atoms with Crippen molar-refractivity contribution in [1.29, 1.82) is 0 Å². The van der Waals surface area contributed by atoms with E-state index in [1.807, 2.05) is 13.8 Å². The number of ether oxygens (including phenoxy) is 1. The van der Waals surface area contributed by atoms with Crippen LogP contribution in [0.5, 0.6) is 0 Å². The molecule has 0 bridgehead atoms. The van der Waals surface area contributed by atoms with Gasteiger partial charge in [-0.3, -0.25) is 9.59 Å². The number of carbonyl (C=O) groups excluding carboxylic acids is 2. The van der Waals surface area contributed by atoms with Crippen LogP contribution in [0.1, 0.15) is 52.4 Å². The Hall–Kier alpha value is -0.556. The van der Waals surface area contributed by atoms with Crippen molar-refractivity contribution in [1.82, 2.24) is 10.6 Å². The standard InChI is InChI=1S/C16H32N3O3.CH3.V/c1-14(2)22-13-16(21)19-11-9-7-5-4-6-8-10-18-15(20)12-17-3;;/h14H,4-13H2,1-3H3,(H,18,20)(H,19,21);1H3;/q2*-1;+2. The van der Waals surface area contributed by atoms with Gasteiger partial charge in [0.05, 0.1) is 6.10 Å². The minimum atomic E-state index is -0.0387. The predicted octanol–water partition coefficient (Wildman–Crippen LogP) is 2.44. The second kappa shape index (κ2) is 20.5. The Morgan fingerprint density at radius 1 is 0.917 bits per heavy atom. The normalized spacial score (nSPS) is 9.83. The number of rotatable bonds is 14. The molecule has 0 atom stereocenters. The van der Waals surface area contributed by atoms with Gasteiger partial charge in [0.1, 0.15) is 6.61 Å². The van der Waals surface area contributed by atoms with Crippen molar-refractivity contribution < 1.29 is 32.9 Å². The molecule has 0 aromatic heterocycles. The number of amides is 2. The first-order chi connectivity index (χ1) is 10.6. The van der Waals surface area contributed by atoms with E-state index < -0.39 is 0 Å². The molecule has 0 rings (SSSR count). The summed E-state index contributed by atoms with van der Waals surface area (Å²) in [5.41, 5.74) is 0. The van der Waals surface area contributed by atoms with Crippen LogP contribution in [0.25, 0.3) is 5.32 Å². The van der Waals surface area contributed by atoms with E-state index in [0.717, 1.165) is 45.2 Å². The molecule has 0 aliphatic carbocycles. The average Bonchev–Trinajstić information content (AvgIpc) is 2.47. The van der Waals surface area contributed by atoms with E-state index in [-0.39, 0.29) is 57.1 Å². The Bertz CT molecular complexity index is 303. The van der Waals surface area contributed by atoms with Gasteiger partial charge in [0.15, 0.2) is 5.91 Å².